The first kappa shape index (κ1) is 13.7. The van der Waals surface area contributed by atoms with Crippen molar-refractivity contribution in [3.8, 4) is 0 Å². The predicted octanol–water partition coefficient (Wildman–Crippen LogP) is 2.45. The molecule has 0 saturated heterocycles. The first-order valence-electron chi connectivity index (χ1n) is 5.44. The van der Waals surface area contributed by atoms with Crippen LogP contribution in [-0.4, -0.2) is 19.2 Å². The van der Waals surface area contributed by atoms with Crippen LogP contribution < -0.4 is 4.72 Å². The highest BCUT2D eigenvalue weighted by Crippen LogP contribution is 2.20. The van der Waals surface area contributed by atoms with Crippen molar-refractivity contribution >= 4 is 32.3 Å². The molecular weight excluding hydrogens is 284 g/mol. The Bertz CT molecular complexity index is 720. The van der Waals surface area contributed by atoms with Crippen LogP contribution >= 0.6 is 11.3 Å². The van der Waals surface area contributed by atoms with Gasteiger partial charge in [0.25, 0.3) is 10.0 Å². The Balaban J connectivity index is 2.34. The molecule has 0 unspecified atom stereocenters. The number of aryl methyl sites for hydroxylation is 1. The normalized spacial score (nSPS) is 11.3. The van der Waals surface area contributed by atoms with Crippen molar-refractivity contribution < 1.29 is 13.2 Å². The zero-order valence-electron chi connectivity index (χ0n) is 10.4. The number of nitrogens with one attached hydrogen (secondary N) is 1. The Morgan fingerprint density at radius 2 is 2.11 bits per heavy atom. The number of carbonyl (C=O) groups is 1. The van der Waals surface area contributed by atoms with Crippen molar-refractivity contribution in [3.05, 3.63) is 40.9 Å². The fraction of sp³-hybridized carbons (Fsp3) is 0.167. The van der Waals surface area contributed by atoms with Crippen LogP contribution in [0.1, 0.15) is 23.0 Å². The zero-order chi connectivity index (χ0) is 14.0. The van der Waals surface area contributed by atoms with E-state index >= 15 is 0 Å². The topological polar surface area (TPSA) is 76.1 Å². The molecule has 0 amide bonds. The minimum absolute atomic E-state index is 0.0491. The van der Waals surface area contributed by atoms with Gasteiger partial charge in [0, 0.05) is 10.9 Å². The van der Waals surface area contributed by atoms with Crippen LogP contribution in [0.15, 0.2) is 34.5 Å². The van der Waals surface area contributed by atoms with Crippen molar-refractivity contribution in [2.24, 2.45) is 0 Å². The van der Waals surface area contributed by atoms with Crippen LogP contribution in [0.25, 0.3) is 0 Å². The van der Waals surface area contributed by atoms with Crippen LogP contribution in [0.3, 0.4) is 0 Å². The Hall–Kier alpha value is -1.73. The Morgan fingerprint density at radius 3 is 2.68 bits per heavy atom. The molecule has 0 bridgehead atoms. The van der Waals surface area contributed by atoms with Gasteiger partial charge in [-0.25, -0.2) is 13.4 Å². The molecule has 0 radical (unpaired) electrons. The van der Waals surface area contributed by atoms with Gasteiger partial charge in [-0.3, -0.25) is 9.52 Å². The van der Waals surface area contributed by atoms with E-state index in [0.717, 1.165) is 5.69 Å². The molecule has 2 aromatic rings. The van der Waals surface area contributed by atoms with Gasteiger partial charge in [0.2, 0.25) is 0 Å². The molecule has 5 nitrogen and oxygen atoms in total. The monoisotopic (exact) mass is 296 g/mol. The van der Waals surface area contributed by atoms with E-state index in [9.17, 15) is 13.2 Å². The molecule has 1 aromatic heterocycles. The number of nitrogens with zero attached hydrogens (tertiary/aromatic N) is 1. The zero-order valence-corrected chi connectivity index (χ0v) is 12.0. The van der Waals surface area contributed by atoms with E-state index in [1.807, 2.05) is 0 Å². The van der Waals surface area contributed by atoms with Crippen LogP contribution in [0, 0.1) is 6.92 Å². The molecule has 1 heterocycles. The Labute approximate surface area is 115 Å². The summed E-state index contributed by atoms with van der Waals surface area (Å²) < 4.78 is 26.6. The molecule has 0 spiro atoms. The number of hydrogen-bond acceptors (Lipinski definition) is 5. The van der Waals surface area contributed by atoms with Crippen LogP contribution in [0.2, 0.25) is 0 Å². The average Bonchev–Trinajstić information content (AvgIpc) is 2.74. The molecule has 0 aliphatic heterocycles. The summed E-state index contributed by atoms with van der Waals surface area (Å²) >= 11 is 1.21. The minimum Gasteiger partial charge on any atom is -0.295 e. The molecule has 100 valence electrons. The Morgan fingerprint density at radius 1 is 1.37 bits per heavy atom. The first-order chi connectivity index (χ1) is 8.88. The number of thiazole rings is 1. The van der Waals surface area contributed by atoms with E-state index in [-0.39, 0.29) is 10.7 Å². The summed E-state index contributed by atoms with van der Waals surface area (Å²) in [6.07, 6.45) is 0. The summed E-state index contributed by atoms with van der Waals surface area (Å²) in [5.41, 5.74) is 1.11. The number of carbonyl (C=O) groups excluding carboxylic acids is 1. The molecule has 0 aliphatic rings. The number of anilines is 1. The smallest absolute Gasteiger partial charge is 0.263 e. The van der Waals surface area contributed by atoms with Crippen LogP contribution in [-0.2, 0) is 10.0 Å². The second-order valence-electron chi connectivity index (χ2n) is 3.98. The summed E-state index contributed by atoms with van der Waals surface area (Å²) in [6, 6.07) is 5.91. The van der Waals surface area contributed by atoms with Gasteiger partial charge in [-0.15, -0.1) is 11.3 Å². The molecule has 0 fully saturated rings. The van der Waals surface area contributed by atoms with E-state index < -0.39 is 10.0 Å². The third-order valence-electron chi connectivity index (χ3n) is 2.39. The van der Waals surface area contributed by atoms with E-state index in [1.165, 1.54) is 30.4 Å². The van der Waals surface area contributed by atoms with Crippen molar-refractivity contribution in [3.63, 3.8) is 0 Å². The molecule has 0 saturated carbocycles. The molecule has 1 aromatic carbocycles. The molecule has 2 rings (SSSR count). The highest BCUT2D eigenvalue weighted by Gasteiger charge is 2.16. The molecule has 0 aliphatic carbocycles. The lowest BCUT2D eigenvalue weighted by Gasteiger charge is -2.06. The number of benzene rings is 1. The summed E-state index contributed by atoms with van der Waals surface area (Å²) in [5.74, 6) is -0.179. The molecule has 7 heteroatoms. The van der Waals surface area contributed by atoms with Crippen molar-refractivity contribution in [1.29, 1.82) is 0 Å². The quantitative estimate of drug-likeness (QED) is 0.879. The highest BCUT2D eigenvalue weighted by molar-refractivity contribution is 7.93. The lowest BCUT2D eigenvalue weighted by molar-refractivity contribution is 0.101. The van der Waals surface area contributed by atoms with Gasteiger partial charge < -0.3 is 0 Å². The summed E-state index contributed by atoms with van der Waals surface area (Å²) in [6.45, 7) is 3.17. The summed E-state index contributed by atoms with van der Waals surface area (Å²) in [7, 11) is -3.71. The maximum absolute atomic E-state index is 12.1. The van der Waals surface area contributed by atoms with Gasteiger partial charge in [0.05, 0.1) is 10.6 Å². The number of aromatic nitrogens is 1. The highest BCUT2D eigenvalue weighted by atomic mass is 32.2. The first-order valence-corrected chi connectivity index (χ1v) is 7.81. The third-order valence-corrected chi connectivity index (χ3v) is 4.73. The van der Waals surface area contributed by atoms with E-state index in [1.54, 1.807) is 24.4 Å². The lowest BCUT2D eigenvalue weighted by Crippen LogP contribution is -2.13. The number of rotatable bonds is 4. The molecule has 19 heavy (non-hydrogen) atoms. The van der Waals surface area contributed by atoms with Gasteiger partial charge in [-0.2, -0.15) is 0 Å². The van der Waals surface area contributed by atoms with E-state index in [4.69, 9.17) is 0 Å². The van der Waals surface area contributed by atoms with Gasteiger partial charge in [0.15, 0.2) is 10.9 Å². The molecule has 0 atom stereocenters. The van der Waals surface area contributed by atoms with Gasteiger partial charge in [0.1, 0.15) is 0 Å². The van der Waals surface area contributed by atoms with Gasteiger partial charge in [-0.05, 0) is 26.0 Å². The SMILES string of the molecule is CC(=O)c1cccc(S(=O)(=O)Nc2nc(C)cs2)c1. The second-order valence-corrected chi connectivity index (χ2v) is 6.52. The van der Waals surface area contributed by atoms with Crippen molar-refractivity contribution in [1.82, 2.24) is 4.98 Å². The Kier molecular flexibility index (Phi) is 3.68. The second kappa shape index (κ2) is 5.10. The fourth-order valence-corrected chi connectivity index (χ4v) is 3.44. The minimum atomic E-state index is -3.71. The van der Waals surface area contributed by atoms with Crippen molar-refractivity contribution in [2.45, 2.75) is 18.7 Å². The van der Waals surface area contributed by atoms with E-state index in [2.05, 4.69) is 9.71 Å². The summed E-state index contributed by atoms with van der Waals surface area (Å²) in [5, 5.41) is 2.06. The van der Waals surface area contributed by atoms with Gasteiger partial charge >= 0.3 is 0 Å². The molecule has 1 N–H and O–H groups in total. The average molecular weight is 296 g/mol. The number of Topliss-reactive ketones (excluding diaryl/α,β-unsaturated/α-hetero) is 1. The standard InChI is InChI=1S/C12H12N2O3S2/c1-8-7-18-12(13-8)14-19(16,17)11-5-3-4-10(6-11)9(2)15/h3-7H,1-2H3,(H,13,14). The predicted molar refractivity (Wildman–Crippen MR) is 74.1 cm³/mol. The lowest BCUT2D eigenvalue weighted by atomic mass is 10.2. The van der Waals surface area contributed by atoms with Crippen molar-refractivity contribution in [2.75, 3.05) is 4.72 Å². The maximum atomic E-state index is 12.1. The third kappa shape index (κ3) is 3.18. The summed E-state index contributed by atoms with van der Waals surface area (Å²) in [4.78, 5) is 15.4. The molecular formula is C12H12N2O3S2. The van der Waals surface area contributed by atoms with Crippen LogP contribution in [0.5, 0.6) is 0 Å². The van der Waals surface area contributed by atoms with Gasteiger partial charge in [-0.1, -0.05) is 12.1 Å². The van der Waals surface area contributed by atoms with Crippen LogP contribution in [0.4, 0.5) is 5.13 Å². The maximum Gasteiger partial charge on any atom is 0.263 e. The number of sulfonamides is 1. The largest absolute Gasteiger partial charge is 0.295 e. The fourth-order valence-electron chi connectivity index (χ4n) is 1.46. The number of ketones is 1. The number of hydrogen-bond donors (Lipinski definition) is 1. The van der Waals surface area contributed by atoms with E-state index in [0.29, 0.717) is 10.7 Å².